The Labute approximate surface area is 158 Å². The zero-order valence-corrected chi connectivity index (χ0v) is 16.0. The number of amides is 1. The molecular weight excluding hydrogens is 370 g/mol. The number of benzene rings is 1. The van der Waals surface area contributed by atoms with Crippen molar-refractivity contribution in [1.29, 1.82) is 0 Å². The molecule has 1 heterocycles. The molecule has 0 aliphatic heterocycles. The topological polar surface area (TPSA) is 147 Å². The van der Waals surface area contributed by atoms with E-state index in [1.165, 1.54) is 12.1 Å². The predicted octanol–water partition coefficient (Wildman–Crippen LogP) is 1.08. The lowest BCUT2D eigenvalue weighted by Gasteiger charge is -2.15. The van der Waals surface area contributed by atoms with Gasteiger partial charge in [0.2, 0.25) is 0 Å². The van der Waals surface area contributed by atoms with E-state index < -0.39 is 15.7 Å². The quantitative estimate of drug-likeness (QED) is 0.463. The summed E-state index contributed by atoms with van der Waals surface area (Å²) in [5, 5.41) is 14.9. The van der Waals surface area contributed by atoms with Gasteiger partial charge in [-0.2, -0.15) is 0 Å². The number of carbonyl (C=O) groups is 1. The average molecular weight is 393 g/mol. The summed E-state index contributed by atoms with van der Waals surface area (Å²) in [5.74, 6) is -0.157. The molecule has 0 saturated carbocycles. The first-order valence-electron chi connectivity index (χ1n) is 8.38. The lowest BCUT2D eigenvalue weighted by Crippen LogP contribution is -2.19. The molecule has 0 saturated heterocycles. The third kappa shape index (κ3) is 5.38. The smallest absolute Gasteiger partial charge is 0.271 e. The van der Waals surface area contributed by atoms with Crippen molar-refractivity contribution in [2.75, 3.05) is 30.0 Å². The number of aliphatic hydroxyl groups is 1. The van der Waals surface area contributed by atoms with E-state index in [0.29, 0.717) is 36.6 Å². The second-order valence-electron chi connectivity index (χ2n) is 5.86. The minimum absolute atomic E-state index is 0.0324. The fraction of sp³-hybridized carbons (Fsp3) is 0.353. The molecule has 10 heteroatoms. The van der Waals surface area contributed by atoms with Gasteiger partial charge in [-0.15, -0.1) is 0 Å². The molecule has 0 fully saturated rings. The maximum atomic E-state index is 11.8. The van der Waals surface area contributed by atoms with Crippen LogP contribution in [0.4, 0.5) is 17.3 Å². The Morgan fingerprint density at radius 2 is 2.00 bits per heavy atom. The summed E-state index contributed by atoms with van der Waals surface area (Å²) in [5.41, 5.74) is 6.39. The molecule has 146 valence electrons. The molecule has 0 radical (unpaired) electrons. The molecular formula is C17H23N5O4S. The number of hydrogen-bond acceptors (Lipinski definition) is 8. The molecule has 0 aliphatic rings. The average Bonchev–Trinajstić information content (AvgIpc) is 2.61. The summed E-state index contributed by atoms with van der Waals surface area (Å²) in [6, 6.07) is 6.14. The molecule has 0 atom stereocenters. The maximum Gasteiger partial charge on any atom is 0.271 e. The van der Waals surface area contributed by atoms with Crippen LogP contribution in [0.15, 0.2) is 29.2 Å². The van der Waals surface area contributed by atoms with Crippen LogP contribution in [0.5, 0.6) is 0 Å². The molecule has 27 heavy (non-hydrogen) atoms. The summed E-state index contributed by atoms with van der Waals surface area (Å²) in [7, 11) is -3.38. The number of anilines is 3. The summed E-state index contributed by atoms with van der Waals surface area (Å²) in [4.78, 5) is 20.6. The molecule has 2 aromatic rings. The molecule has 1 amide bonds. The number of hydrogen-bond donors (Lipinski definition) is 4. The van der Waals surface area contributed by atoms with E-state index in [4.69, 9.17) is 10.8 Å². The number of primary amides is 1. The molecule has 0 bridgehead atoms. The van der Waals surface area contributed by atoms with Gasteiger partial charge in [0.05, 0.1) is 10.6 Å². The highest BCUT2D eigenvalue weighted by molar-refractivity contribution is 7.90. The van der Waals surface area contributed by atoms with Crippen LogP contribution >= 0.6 is 0 Å². The van der Waals surface area contributed by atoms with Crippen molar-refractivity contribution in [2.45, 2.75) is 24.7 Å². The van der Waals surface area contributed by atoms with E-state index in [0.717, 1.165) is 6.26 Å². The third-order valence-corrected chi connectivity index (χ3v) is 4.80. The highest BCUT2D eigenvalue weighted by Crippen LogP contribution is 2.24. The van der Waals surface area contributed by atoms with Gasteiger partial charge in [0.15, 0.2) is 21.3 Å². The lowest BCUT2D eigenvalue weighted by atomic mass is 10.2. The Bertz CT molecular complexity index is 931. The van der Waals surface area contributed by atoms with Gasteiger partial charge in [-0.3, -0.25) is 4.79 Å². The van der Waals surface area contributed by atoms with Crippen molar-refractivity contribution >= 4 is 33.1 Å². The Morgan fingerprint density at radius 1 is 1.26 bits per heavy atom. The zero-order valence-electron chi connectivity index (χ0n) is 15.2. The van der Waals surface area contributed by atoms with E-state index in [9.17, 15) is 13.2 Å². The van der Waals surface area contributed by atoms with Crippen LogP contribution in [0.2, 0.25) is 0 Å². The van der Waals surface area contributed by atoms with Crippen LogP contribution in [0.1, 0.15) is 29.5 Å². The van der Waals surface area contributed by atoms with E-state index in [1.807, 2.05) is 6.92 Å². The van der Waals surface area contributed by atoms with Gasteiger partial charge in [0, 0.05) is 25.1 Å². The van der Waals surface area contributed by atoms with Gasteiger partial charge in [-0.05, 0) is 31.0 Å². The first-order valence-corrected chi connectivity index (χ1v) is 10.3. The number of sulfone groups is 1. The van der Waals surface area contributed by atoms with E-state index in [1.54, 1.807) is 12.1 Å². The minimum atomic E-state index is -3.38. The summed E-state index contributed by atoms with van der Waals surface area (Å²) >= 11 is 0. The Kier molecular flexibility index (Phi) is 6.70. The van der Waals surface area contributed by atoms with Crippen LogP contribution in [0.25, 0.3) is 0 Å². The second-order valence-corrected chi connectivity index (χ2v) is 7.88. The van der Waals surface area contributed by atoms with E-state index in [2.05, 4.69) is 20.6 Å². The summed E-state index contributed by atoms with van der Waals surface area (Å²) < 4.78 is 23.5. The molecule has 0 aliphatic carbocycles. The monoisotopic (exact) mass is 393 g/mol. The number of aromatic nitrogens is 2. The number of nitrogens with one attached hydrogen (secondary N) is 2. The number of rotatable bonds is 9. The van der Waals surface area contributed by atoms with E-state index in [-0.39, 0.29) is 23.0 Å². The highest BCUT2D eigenvalue weighted by Gasteiger charge is 2.17. The van der Waals surface area contributed by atoms with Crippen LogP contribution < -0.4 is 16.4 Å². The summed E-state index contributed by atoms with van der Waals surface area (Å²) in [6.07, 6.45) is 2.17. The number of nitrogens with zero attached hydrogens (tertiary/aromatic N) is 2. The van der Waals surface area contributed by atoms with Crippen molar-refractivity contribution in [1.82, 2.24) is 9.97 Å². The lowest BCUT2D eigenvalue weighted by molar-refractivity contribution is 0.0996. The largest absolute Gasteiger partial charge is 0.396 e. The predicted molar refractivity (Wildman–Crippen MR) is 103 cm³/mol. The van der Waals surface area contributed by atoms with E-state index >= 15 is 0 Å². The highest BCUT2D eigenvalue weighted by atomic mass is 32.2. The Morgan fingerprint density at radius 3 is 2.59 bits per heavy atom. The fourth-order valence-corrected chi connectivity index (χ4v) is 3.01. The molecule has 0 spiro atoms. The normalized spacial score (nSPS) is 11.2. The van der Waals surface area contributed by atoms with Crippen LogP contribution in [0.3, 0.4) is 0 Å². The van der Waals surface area contributed by atoms with Crippen LogP contribution in [0, 0.1) is 0 Å². The maximum absolute atomic E-state index is 11.8. The number of nitrogens with two attached hydrogens (primary N) is 1. The SMILES string of the molecule is CCc1nc(C(N)=O)c(Nc2cccc(S(C)(=O)=O)c2)nc1NCCCO. The Hall–Kier alpha value is -2.72. The van der Waals surface area contributed by atoms with Crippen molar-refractivity contribution in [3.05, 3.63) is 35.7 Å². The van der Waals surface area contributed by atoms with Gasteiger partial charge < -0.3 is 21.5 Å². The van der Waals surface area contributed by atoms with Crippen molar-refractivity contribution in [2.24, 2.45) is 5.73 Å². The molecule has 2 rings (SSSR count). The van der Waals surface area contributed by atoms with Crippen molar-refractivity contribution in [3.63, 3.8) is 0 Å². The summed E-state index contributed by atoms with van der Waals surface area (Å²) in [6.45, 7) is 2.39. The number of aryl methyl sites for hydroxylation is 1. The molecule has 1 aromatic carbocycles. The van der Waals surface area contributed by atoms with Gasteiger partial charge in [0.25, 0.3) is 5.91 Å². The fourth-order valence-electron chi connectivity index (χ4n) is 2.34. The van der Waals surface area contributed by atoms with Gasteiger partial charge >= 0.3 is 0 Å². The molecule has 0 unspecified atom stereocenters. The zero-order chi connectivity index (χ0) is 20.0. The third-order valence-electron chi connectivity index (χ3n) is 3.69. The Balaban J connectivity index is 2.44. The van der Waals surface area contributed by atoms with Gasteiger partial charge in [-0.25, -0.2) is 18.4 Å². The second kappa shape index (κ2) is 8.78. The van der Waals surface area contributed by atoms with Crippen LogP contribution in [-0.4, -0.2) is 48.8 Å². The van der Waals surface area contributed by atoms with Crippen LogP contribution in [-0.2, 0) is 16.3 Å². The standard InChI is InChI=1S/C17H23N5O4S/c1-3-13-16(19-8-5-9-23)22-17(14(21-13)15(18)24)20-11-6-4-7-12(10-11)27(2,25)26/h4,6-7,10,23H,3,5,8-9H2,1-2H3,(H2,18,24)(H2,19,20,22). The van der Waals surface area contributed by atoms with Crippen molar-refractivity contribution < 1.29 is 18.3 Å². The first-order chi connectivity index (χ1) is 12.8. The number of carbonyl (C=O) groups excluding carboxylic acids is 1. The molecule has 1 aromatic heterocycles. The first kappa shape index (κ1) is 20.6. The van der Waals surface area contributed by atoms with Crippen molar-refractivity contribution in [3.8, 4) is 0 Å². The molecule has 9 nitrogen and oxygen atoms in total. The minimum Gasteiger partial charge on any atom is -0.396 e. The number of aliphatic hydroxyl groups excluding tert-OH is 1. The van der Waals surface area contributed by atoms with Gasteiger partial charge in [0.1, 0.15) is 5.82 Å². The van der Waals surface area contributed by atoms with Gasteiger partial charge in [-0.1, -0.05) is 13.0 Å². The molecule has 5 N–H and O–H groups in total.